The Bertz CT molecular complexity index is 320. The molecule has 0 aromatic heterocycles. The van der Waals surface area contributed by atoms with Gasteiger partial charge in [-0.15, -0.1) is 0 Å². The van der Waals surface area contributed by atoms with Crippen LogP contribution in [0.5, 0.6) is 0 Å². The second kappa shape index (κ2) is 3.22. The van der Waals surface area contributed by atoms with Crippen LogP contribution in [-0.4, -0.2) is 29.1 Å². The van der Waals surface area contributed by atoms with Crippen molar-refractivity contribution in [2.24, 2.45) is 5.41 Å². The minimum absolute atomic E-state index is 0.118. The number of nitrogens with zero attached hydrogens (tertiary/aromatic N) is 1. The van der Waals surface area contributed by atoms with E-state index in [-0.39, 0.29) is 5.54 Å². The lowest BCUT2D eigenvalue weighted by atomic mass is 9.72. The second-order valence-electron chi connectivity index (χ2n) is 6.44. The first-order valence-corrected chi connectivity index (χ1v) is 6.61. The first-order valence-electron chi connectivity index (χ1n) is 6.61. The van der Waals surface area contributed by atoms with Crippen LogP contribution in [0.2, 0.25) is 0 Å². The molecule has 1 spiro atoms. The van der Waals surface area contributed by atoms with E-state index in [1.54, 1.807) is 0 Å². The summed E-state index contributed by atoms with van der Waals surface area (Å²) >= 11 is 0. The summed E-state index contributed by atoms with van der Waals surface area (Å²) in [4.78, 5) is 14.5. The van der Waals surface area contributed by atoms with Gasteiger partial charge in [0.1, 0.15) is 0 Å². The minimum atomic E-state index is -0.118. The molecule has 2 saturated carbocycles. The van der Waals surface area contributed by atoms with Crippen molar-refractivity contribution in [3.8, 4) is 0 Å². The highest BCUT2D eigenvalue weighted by atomic mass is 16.2. The summed E-state index contributed by atoms with van der Waals surface area (Å²) in [6, 6.07) is 0.459. The van der Waals surface area contributed by atoms with Gasteiger partial charge in [0.05, 0.1) is 12.2 Å². The minimum Gasteiger partial charge on any atom is -0.325 e. The molecule has 90 valence electrons. The van der Waals surface area contributed by atoms with E-state index in [1.165, 1.54) is 25.7 Å². The molecule has 3 fully saturated rings. The second-order valence-corrected chi connectivity index (χ2v) is 6.44. The average Bonchev–Trinajstić information content (AvgIpc) is 2.94. The van der Waals surface area contributed by atoms with Crippen LogP contribution in [0.25, 0.3) is 0 Å². The van der Waals surface area contributed by atoms with Crippen LogP contribution < -0.4 is 5.32 Å². The number of nitrogens with one attached hydrogen (secondary N) is 1. The van der Waals surface area contributed by atoms with Crippen LogP contribution in [0.15, 0.2) is 0 Å². The average molecular weight is 222 g/mol. The van der Waals surface area contributed by atoms with Crippen LogP contribution in [0.1, 0.15) is 52.4 Å². The molecule has 2 aliphatic carbocycles. The smallest absolute Gasteiger partial charge is 0.244 e. The molecule has 3 rings (SSSR count). The Morgan fingerprint density at radius 2 is 2.00 bits per heavy atom. The summed E-state index contributed by atoms with van der Waals surface area (Å²) in [6.45, 7) is 5.43. The number of carbonyl (C=O) groups is 1. The molecule has 16 heavy (non-hydrogen) atoms. The predicted molar refractivity (Wildman–Crippen MR) is 62.9 cm³/mol. The zero-order valence-electron chi connectivity index (χ0n) is 10.4. The summed E-state index contributed by atoms with van der Waals surface area (Å²) in [6.07, 6.45) is 7.16. The van der Waals surface area contributed by atoms with Crippen LogP contribution in [0.4, 0.5) is 0 Å². The van der Waals surface area contributed by atoms with Crippen molar-refractivity contribution < 1.29 is 4.79 Å². The van der Waals surface area contributed by atoms with Gasteiger partial charge in [0.2, 0.25) is 5.91 Å². The Morgan fingerprint density at radius 1 is 1.25 bits per heavy atom. The summed E-state index contributed by atoms with van der Waals surface area (Å²) < 4.78 is 0. The van der Waals surface area contributed by atoms with Crippen LogP contribution >= 0.6 is 0 Å². The fourth-order valence-electron chi connectivity index (χ4n) is 3.48. The standard InChI is InChI=1S/C13H22N2O/c1-12(2)6-4-3-5-10(12)15-9-14-13(7-8-13)11(15)16/h10,14H,3-9H2,1-2H3. The number of hydrogen-bond donors (Lipinski definition) is 1. The van der Waals surface area contributed by atoms with E-state index in [2.05, 4.69) is 24.1 Å². The predicted octanol–water partition coefficient (Wildman–Crippen LogP) is 1.88. The molecule has 0 radical (unpaired) electrons. The van der Waals surface area contributed by atoms with Gasteiger partial charge in [-0.2, -0.15) is 0 Å². The Labute approximate surface area is 97.6 Å². The van der Waals surface area contributed by atoms with Gasteiger partial charge < -0.3 is 4.90 Å². The van der Waals surface area contributed by atoms with Gasteiger partial charge in [0.15, 0.2) is 0 Å². The van der Waals surface area contributed by atoms with Gasteiger partial charge in [0, 0.05) is 6.04 Å². The summed E-state index contributed by atoms with van der Waals surface area (Å²) in [5, 5.41) is 3.42. The Balaban J connectivity index is 1.79. The molecule has 0 bridgehead atoms. The van der Waals surface area contributed by atoms with Gasteiger partial charge in [-0.25, -0.2) is 0 Å². The zero-order valence-corrected chi connectivity index (χ0v) is 10.4. The first-order chi connectivity index (χ1) is 7.55. The van der Waals surface area contributed by atoms with E-state index in [1.807, 2.05) is 0 Å². The van der Waals surface area contributed by atoms with E-state index in [0.717, 1.165) is 19.5 Å². The van der Waals surface area contributed by atoms with Gasteiger partial charge in [-0.3, -0.25) is 10.1 Å². The molecule has 0 aromatic rings. The number of hydrogen-bond acceptors (Lipinski definition) is 2. The number of amides is 1. The van der Waals surface area contributed by atoms with Crippen LogP contribution in [0, 0.1) is 5.41 Å². The van der Waals surface area contributed by atoms with E-state index < -0.39 is 0 Å². The largest absolute Gasteiger partial charge is 0.325 e. The summed E-state index contributed by atoms with van der Waals surface area (Å²) in [5.74, 6) is 0.382. The highest BCUT2D eigenvalue weighted by Gasteiger charge is 2.58. The molecule has 1 atom stereocenters. The van der Waals surface area contributed by atoms with E-state index in [4.69, 9.17) is 0 Å². The van der Waals surface area contributed by atoms with Crippen molar-refractivity contribution in [1.29, 1.82) is 0 Å². The molecule has 1 saturated heterocycles. The Kier molecular flexibility index (Phi) is 2.13. The molecular formula is C13H22N2O. The van der Waals surface area contributed by atoms with Crippen LogP contribution in [-0.2, 0) is 4.79 Å². The fraction of sp³-hybridized carbons (Fsp3) is 0.923. The maximum Gasteiger partial charge on any atom is 0.244 e. The third kappa shape index (κ3) is 1.41. The molecule has 0 aromatic carbocycles. The highest BCUT2D eigenvalue weighted by molar-refractivity contribution is 5.91. The summed E-state index contributed by atoms with van der Waals surface area (Å²) in [5.41, 5.74) is 0.184. The molecule has 1 aliphatic heterocycles. The topological polar surface area (TPSA) is 32.3 Å². The van der Waals surface area contributed by atoms with E-state index in [0.29, 0.717) is 17.4 Å². The van der Waals surface area contributed by atoms with Crippen LogP contribution in [0.3, 0.4) is 0 Å². The molecular weight excluding hydrogens is 200 g/mol. The quantitative estimate of drug-likeness (QED) is 0.734. The van der Waals surface area contributed by atoms with Crippen molar-refractivity contribution in [2.75, 3.05) is 6.67 Å². The molecule has 3 nitrogen and oxygen atoms in total. The summed E-state index contributed by atoms with van der Waals surface area (Å²) in [7, 11) is 0. The molecule has 3 aliphatic rings. The first kappa shape index (κ1) is 10.6. The van der Waals surface area contributed by atoms with Gasteiger partial charge >= 0.3 is 0 Å². The molecule has 1 N–H and O–H groups in total. The lowest BCUT2D eigenvalue weighted by molar-refractivity contribution is -0.134. The maximum absolute atomic E-state index is 12.3. The third-order valence-corrected chi connectivity index (χ3v) is 4.84. The zero-order chi connectivity index (χ0) is 11.4. The number of rotatable bonds is 1. The lowest BCUT2D eigenvalue weighted by Gasteiger charge is -2.43. The van der Waals surface area contributed by atoms with E-state index in [9.17, 15) is 4.79 Å². The van der Waals surface area contributed by atoms with Crippen molar-refractivity contribution >= 4 is 5.91 Å². The molecule has 1 heterocycles. The van der Waals surface area contributed by atoms with Crippen molar-refractivity contribution in [2.45, 2.75) is 64.0 Å². The Hall–Kier alpha value is -0.570. The lowest BCUT2D eigenvalue weighted by Crippen LogP contribution is -2.49. The number of carbonyl (C=O) groups excluding carboxylic acids is 1. The van der Waals surface area contributed by atoms with Crippen molar-refractivity contribution in [3.05, 3.63) is 0 Å². The van der Waals surface area contributed by atoms with Gasteiger partial charge in [-0.1, -0.05) is 26.7 Å². The fourth-order valence-corrected chi connectivity index (χ4v) is 3.48. The third-order valence-electron chi connectivity index (χ3n) is 4.84. The highest BCUT2D eigenvalue weighted by Crippen LogP contribution is 2.45. The van der Waals surface area contributed by atoms with Crippen molar-refractivity contribution in [1.82, 2.24) is 10.2 Å². The monoisotopic (exact) mass is 222 g/mol. The van der Waals surface area contributed by atoms with Gasteiger partial charge in [0.25, 0.3) is 0 Å². The Morgan fingerprint density at radius 3 is 2.56 bits per heavy atom. The van der Waals surface area contributed by atoms with Crippen molar-refractivity contribution in [3.63, 3.8) is 0 Å². The normalized spacial score (nSPS) is 35.8. The molecule has 3 heteroatoms. The maximum atomic E-state index is 12.3. The van der Waals surface area contributed by atoms with E-state index >= 15 is 0 Å². The molecule has 1 amide bonds. The molecule has 1 unspecified atom stereocenters. The SMILES string of the molecule is CC1(C)CCCCC1N1CNC2(CC2)C1=O. The van der Waals surface area contributed by atoms with Gasteiger partial charge in [-0.05, 0) is 31.1 Å².